The molecule has 1 aromatic heterocycles. The van der Waals surface area contributed by atoms with Gasteiger partial charge in [-0.05, 0) is 31.4 Å². The Hall–Kier alpha value is -1.88. The van der Waals surface area contributed by atoms with Crippen LogP contribution in [0, 0.1) is 5.92 Å². The van der Waals surface area contributed by atoms with Crippen molar-refractivity contribution < 1.29 is 9.26 Å². The molecule has 114 valence electrons. The number of nitrogens with two attached hydrogens (primary N) is 1. The number of hydrogen-bond acceptors (Lipinski definition) is 5. The fraction of sp³-hybridized carbons (Fsp3) is 0.500. The first kappa shape index (κ1) is 15.5. The Kier molecular flexibility index (Phi) is 5.33. The van der Waals surface area contributed by atoms with Crippen LogP contribution in [0.3, 0.4) is 0 Å². The molecule has 0 aliphatic heterocycles. The summed E-state index contributed by atoms with van der Waals surface area (Å²) in [7, 11) is 0. The topological polar surface area (TPSA) is 74.2 Å². The van der Waals surface area contributed by atoms with E-state index in [2.05, 4.69) is 24.0 Å². The smallest absolute Gasteiger partial charge is 0.231 e. The van der Waals surface area contributed by atoms with Crippen molar-refractivity contribution >= 4 is 0 Å². The van der Waals surface area contributed by atoms with Gasteiger partial charge >= 0.3 is 0 Å². The van der Waals surface area contributed by atoms with Crippen molar-refractivity contribution in [2.45, 2.75) is 33.1 Å². The Morgan fingerprint density at radius 1 is 1.33 bits per heavy atom. The average molecular weight is 289 g/mol. The van der Waals surface area contributed by atoms with Crippen molar-refractivity contribution in [3.05, 3.63) is 30.2 Å². The Bertz CT molecular complexity index is 566. The van der Waals surface area contributed by atoms with E-state index < -0.39 is 0 Å². The largest absolute Gasteiger partial charge is 0.494 e. The molecule has 0 aliphatic carbocycles. The third kappa shape index (κ3) is 4.04. The fourth-order valence-electron chi connectivity index (χ4n) is 2.28. The predicted molar refractivity (Wildman–Crippen MR) is 82.2 cm³/mol. The van der Waals surface area contributed by atoms with E-state index in [1.54, 1.807) is 0 Å². The lowest BCUT2D eigenvalue weighted by Crippen LogP contribution is -2.15. The minimum Gasteiger partial charge on any atom is -0.494 e. The first-order chi connectivity index (χ1) is 10.1. The highest BCUT2D eigenvalue weighted by molar-refractivity contribution is 5.56. The van der Waals surface area contributed by atoms with Crippen LogP contribution < -0.4 is 10.5 Å². The lowest BCUT2D eigenvalue weighted by molar-refractivity contribution is 0.334. The second-order valence-corrected chi connectivity index (χ2v) is 5.48. The molecule has 2 rings (SSSR count). The Morgan fingerprint density at radius 3 is 2.81 bits per heavy atom. The van der Waals surface area contributed by atoms with Crippen LogP contribution in [0.4, 0.5) is 0 Å². The molecule has 0 fully saturated rings. The SMILES string of the molecule is CCOc1cccc(-c2noc(C(CN)CC(C)C)n2)c1. The molecule has 21 heavy (non-hydrogen) atoms. The highest BCUT2D eigenvalue weighted by atomic mass is 16.5. The molecule has 0 aliphatic rings. The minimum atomic E-state index is 0.112. The van der Waals surface area contributed by atoms with Gasteiger partial charge in [0.05, 0.1) is 12.5 Å². The van der Waals surface area contributed by atoms with E-state index in [4.69, 9.17) is 15.0 Å². The van der Waals surface area contributed by atoms with E-state index in [1.807, 2.05) is 31.2 Å². The van der Waals surface area contributed by atoms with Crippen LogP contribution in [0.2, 0.25) is 0 Å². The molecule has 5 nitrogen and oxygen atoms in total. The van der Waals surface area contributed by atoms with Crippen molar-refractivity contribution in [2.75, 3.05) is 13.2 Å². The quantitative estimate of drug-likeness (QED) is 0.847. The van der Waals surface area contributed by atoms with Gasteiger partial charge in [-0.1, -0.05) is 31.1 Å². The minimum absolute atomic E-state index is 0.112. The van der Waals surface area contributed by atoms with Crippen molar-refractivity contribution in [3.63, 3.8) is 0 Å². The van der Waals surface area contributed by atoms with Gasteiger partial charge in [0.25, 0.3) is 0 Å². The van der Waals surface area contributed by atoms with Crippen LogP contribution in [-0.4, -0.2) is 23.3 Å². The zero-order valence-corrected chi connectivity index (χ0v) is 12.9. The standard InChI is InChI=1S/C16H23N3O2/c1-4-20-14-7-5-6-12(9-14)15-18-16(21-19-15)13(10-17)8-11(2)3/h5-7,9,11,13H,4,8,10,17H2,1-3H3. The van der Waals surface area contributed by atoms with Gasteiger partial charge in [0.2, 0.25) is 11.7 Å². The van der Waals surface area contributed by atoms with Crippen LogP contribution in [0.15, 0.2) is 28.8 Å². The molecule has 1 unspecified atom stereocenters. The lowest BCUT2D eigenvalue weighted by atomic mass is 9.97. The highest BCUT2D eigenvalue weighted by Gasteiger charge is 2.19. The maximum absolute atomic E-state index is 5.82. The molecular weight excluding hydrogens is 266 g/mol. The van der Waals surface area contributed by atoms with Gasteiger partial charge in [-0.15, -0.1) is 0 Å². The molecule has 2 N–H and O–H groups in total. The highest BCUT2D eigenvalue weighted by Crippen LogP contribution is 2.26. The average Bonchev–Trinajstić information content (AvgIpc) is 2.95. The summed E-state index contributed by atoms with van der Waals surface area (Å²) in [6, 6.07) is 7.69. The number of benzene rings is 1. The molecule has 1 aromatic carbocycles. The maximum Gasteiger partial charge on any atom is 0.231 e. The fourth-order valence-corrected chi connectivity index (χ4v) is 2.28. The third-order valence-corrected chi connectivity index (χ3v) is 3.23. The summed E-state index contributed by atoms with van der Waals surface area (Å²) in [4.78, 5) is 4.49. The van der Waals surface area contributed by atoms with E-state index in [1.165, 1.54) is 0 Å². The van der Waals surface area contributed by atoms with Gasteiger partial charge in [0.1, 0.15) is 5.75 Å². The van der Waals surface area contributed by atoms with Crippen LogP contribution in [0.1, 0.15) is 39.0 Å². The van der Waals surface area contributed by atoms with Gasteiger partial charge in [-0.25, -0.2) is 0 Å². The second-order valence-electron chi connectivity index (χ2n) is 5.48. The number of hydrogen-bond donors (Lipinski definition) is 1. The third-order valence-electron chi connectivity index (χ3n) is 3.23. The lowest BCUT2D eigenvalue weighted by Gasteiger charge is -2.11. The molecule has 0 radical (unpaired) electrons. The summed E-state index contributed by atoms with van der Waals surface area (Å²) in [5.41, 5.74) is 6.70. The number of nitrogens with zero attached hydrogens (tertiary/aromatic N) is 2. The zero-order chi connectivity index (χ0) is 15.2. The van der Waals surface area contributed by atoms with Crippen molar-refractivity contribution in [1.29, 1.82) is 0 Å². The molecule has 0 bridgehead atoms. The van der Waals surface area contributed by atoms with Gasteiger partial charge in [0, 0.05) is 12.1 Å². The van der Waals surface area contributed by atoms with E-state index >= 15 is 0 Å². The first-order valence-corrected chi connectivity index (χ1v) is 7.41. The summed E-state index contributed by atoms with van der Waals surface area (Å²) in [5, 5.41) is 4.07. The van der Waals surface area contributed by atoms with Gasteiger partial charge in [-0.3, -0.25) is 0 Å². The maximum atomic E-state index is 5.82. The van der Waals surface area contributed by atoms with Crippen molar-refractivity contribution in [2.24, 2.45) is 11.7 Å². The van der Waals surface area contributed by atoms with Crippen molar-refractivity contribution in [3.8, 4) is 17.1 Å². The summed E-state index contributed by atoms with van der Waals surface area (Å²) in [6.45, 7) is 7.41. The molecule has 1 heterocycles. The number of aromatic nitrogens is 2. The predicted octanol–water partition coefficient (Wildman–Crippen LogP) is 3.22. The molecule has 0 amide bonds. The van der Waals surface area contributed by atoms with Crippen molar-refractivity contribution in [1.82, 2.24) is 10.1 Å². The Morgan fingerprint density at radius 2 is 2.14 bits per heavy atom. The van der Waals surface area contributed by atoms with E-state index in [-0.39, 0.29) is 5.92 Å². The molecular formula is C16H23N3O2. The second kappa shape index (κ2) is 7.22. The summed E-state index contributed by atoms with van der Waals surface area (Å²) >= 11 is 0. The normalized spacial score (nSPS) is 12.6. The first-order valence-electron chi connectivity index (χ1n) is 7.41. The molecule has 0 saturated heterocycles. The zero-order valence-electron chi connectivity index (χ0n) is 12.9. The number of ether oxygens (including phenoxy) is 1. The Labute approximate surface area is 125 Å². The van der Waals surface area contributed by atoms with E-state index in [0.717, 1.165) is 17.7 Å². The molecule has 0 saturated carbocycles. The van der Waals surface area contributed by atoms with Gasteiger partial charge in [0.15, 0.2) is 0 Å². The van der Waals surface area contributed by atoms with Gasteiger partial charge in [-0.2, -0.15) is 4.98 Å². The van der Waals surface area contributed by atoms with E-state index in [9.17, 15) is 0 Å². The monoisotopic (exact) mass is 289 g/mol. The van der Waals surface area contributed by atoms with E-state index in [0.29, 0.717) is 30.8 Å². The summed E-state index contributed by atoms with van der Waals surface area (Å²) < 4.78 is 10.9. The molecule has 5 heteroatoms. The van der Waals surface area contributed by atoms with Crippen LogP contribution >= 0.6 is 0 Å². The van der Waals surface area contributed by atoms with Crippen LogP contribution in [0.25, 0.3) is 11.4 Å². The summed E-state index contributed by atoms with van der Waals surface area (Å²) in [6.07, 6.45) is 0.942. The molecule has 1 atom stereocenters. The number of rotatable bonds is 7. The molecule has 0 spiro atoms. The Balaban J connectivity index is 2.20. The van der Waals surface area contributed by atoms with Crippen LogP contribution in [-0.2, 0) is 0 Å². The summed E-state index contributed by atoms with van der Waals surface area (Å²) in [5.74, 6) is 2.65. The van der Waals surface area contributed by atoms with Gasteiger partial charge < -0.3 is 15.0 Å². The van der Waals surface area contributed by atoms with Crippen LogP contribution in [0.5, 0.6) is 5.75 Å². The molecule has 2 aromatic rings.